The number of aromatic nitrogens is 1. The molecule has 0 atom stereocenters. The fourth-order valence-corrected chi connectivity index (χ4v) is 5.71. The molecule has 2 fully saturated rings. The normalized spacial score (nSPS) is 20.5. The van der Waals surface area contributed by atoms with Crippen LogP contribution in [0.1, 0.15) is 42.6 Å². The van der Waals surface area contributed by atoms with Crippen LogP contribution < -0.4 is 5.32 Å². The fourth-order valence-electron chi connectivity index (χ4n) is 4.57. The molecule has 0 spiro atoms. The molecule has 0 unspecified atom stereocenters. The van der Waals surface area contributed by atoms with Crippen LogP contribution in [0.2, 0.25) is 4.34 Å². The van der Waals surface area contributed by atoms with E-state index >= 15 is 0 Å². The van der Waals surface area contributed by atoms with Crippen molar-refractivity contribution in [1.29, 1.82) is 0 Å². The third-order valence-corrected chi connectivity index (χ3v) is 7.66. The molecule has 1 saturated carbocycles. The molecule has 1 N–H and O–H groups in total. The lowest BCUT2D eigenvalue weighted by Crippen LogP contribution is -2.61. The molecule has 156 valence electrons. The van der Waals surface area contributed by atoms with E-state index in [0.29, 0.717) is 16.6 Å². The summed E-state index contributed by atoms with van der Waals surface area (Å²) in [5, 5.41) is 3.97. The van der Waals surface area contributed by atoms with E-state index < -0.39 is 0 Å². The average molecular weight is 433 g/mol. The second kappa shape index (κ2) is 9.13. The number of rotatable bonds is 5. The van der Waals surface area contributed by atoms with Gasteiger partial charge < -0.3 is 10.2 Å². The highest BCUT2D eigenvalue weighted by molar-refractivity contribution is 7.19. The van der Waals surface area contributed by atoms with Crippen LogP contribution >= 0.6 is 22.9 Å². The molecule has 0 radical (unpaired) electrons. The van der Waals surface area contributed by atoms with Gasteiger partial charge in [0.15, 0.2) is 5.69 Å². The van der Waals surface area contributed by atoms with Gasteiger partial charge in [-0.2, -0.15) is 0 Å². The zero-order valence-electron chi connectivity index (χ0n) is 17.0. The molecule has 1 aromatic carbocycles. The van der Waals surface area contributed by atoms with Gasteiger partial charge in [-0.3, -0.25) is 9.69 Å². The van der Waals surface area contributed by atoms with E-state index in [4.69, 9.17) is 11.6 Å². The van der Waals surface area contributed by atoms with E-state index in [2.05, 4.69) is 27.1 Å². The van der Waals surface area contributed by atoms with Gasteiger partial charge in [-0.15, -0.1) is 11.3 Å². The van der Waals surface area contributed by atoms with Crippen molar-refractivity contribution in [3.05, 3.63) is 40.4 Å². The summed E-state index contributed by atoms with van der Waals surface area (Å²) >= 11 is 7.75. The number of hydrogen-bond donors (Lipinski definition) is 1. The number of thiazole rings is 1. The summed E-state index contributed by atoms with van der Waals surface area (Å²) < 4.78 is 0.457. The number of likely N-dealkylation sites (N-methyl/N-ethyl adjacent to an activating group) is 1. The Bertz CT molecular complexity index is 827. The van der Waals surface area contributed by atoms with Crippen molar-refractivity contribution in [3.8, 4) is 10.6 Å². The molecule has 7 heteroatoms. The molecular formula is C22H29ClN4OS. The summed E-state index contributed by atoms with van der Waals surface area (Å²) in [7, 11) is 2.18. The van der Waals surface area contributed by atoms with E-state index in [-0.39, 0.29) is 11.4 Å². The van der Waals surface area contributed by atoms with Crippen molar-refractivity contribution in [2.75, 3.05) is 39.8 Å². The van der Waals surface area contributed by atoms with Crippen LogP contribution in [0.3, 0.4) is 0 Å². The Morgan fingerprint density at radius 3 is 2.52 bits per heavy atom. The first-order valence-electron chi connectivity index (χ1n) is 10.5. The molecule has 2 aromatic rings. The zero-order chi connectivity index (χ0) is 20.3. The lowest BCUT2D eigenvalue weighted by atomic mass is 9.79. The van der Waals surface area contributed by atoms with Crippen molar-refractivity contribution >= 4 is 28.8 Å². The van der Waals surface area contributed by atoms with E-state index in [0.717, 1.165) is 49.6 Å². The maximum absolute atomic E-state index is 13.0. The first kappa shape index (κ1) is 20.8. The maximum Gasteiger partial charge on any atom is 0.272 e. The number of carbonyl (C=O) groups excluding carboxylic acids is 1. The monoisotopic (exact) mass is 432 g/mol. The molecule has 2 aliphatic rings. The Morgan fingerprint density at radius 1 is 1.14 bits per heavy atom. The van der Waals surface area contributed by atoms with Crippen LogP contribution in [0, 0.1) is 0 Å². The minimum Gasteiger partial charge on any atom is -0.349 e. The number of nitrogens with zero attached hydrogens (tertiary/aromatic N) is 3. The van der Waals surface area contributed by atoms with Gasteiger partial charge in [0.05, 0.1) is 0 Å². The Labute approximate surface area is 182 Å². The van der Waals surface area contributed by atoms with E-state index in [1.807, 2.05) is 30.3 Å². The number of carbonyl (C=O) groups is 1. The lowest BCUT2D eigenvalue weighted by molar-refractivity contribution is 0.0138. The second-order valence-corrected chi connectivity index (χ2v) is 9.87. The van der Waals surface area contributed by atoms with E-state index in [9.17, 15) is 4.79 Å². The van der Waals surface area contributed by atoms with Crippen LogP contribution in [0.5, 0.6) is 0 Å². The van der Waals surface area contributed by atoms with Gasteiger partial charge in [-0.25, -0.2) is 4.98 Å². The molecule has 1 aromatic heterocycles. The van der Waals surface area contributed by atoms with Crippen LogP contribution in [0.15, 0.2) is 30.3 Å². The molecular weight excluding hydrogens is 404 g/mol. The first-order chi connectivity index (χ1) is 14.1. The van der Waals surface area contributed by atoms with Crippen LogP contribution in [-0.4, -0.2) is 66.0 Å². The van der Waals surface area contributed by atoms with Crippen LogP contribution in [-0.2, 0) is 0 Å². The Balaban J connectivity index is 1.46. The minimum atomic E-state index is -0.160. The van der Waals surface area contributed by atoms with Crippen molar-refractivity contribution < 1.29 is 4.79 Å². The first-order valence-corrected chi connectivity index (χ1v) is 11.7. The summed E-state index contributed by atoms with van der Waals surface area (Å²) in [6.45, 7) is 5.00. The third kappa shape index (κ3) is 4.66. The molecule has 4 rings (SSSR count). The standard InChI is InChI=1S/C22H29ClN4OS/c1-26-12-14-27(15-13-26)22(10-6-3-7-11-22)16-24-20(28)18-19(23)29-21(25-18)17-8-4-2-5-9-17/h2,4-5,8-9H,3,6-7,10-16H2,1H3,(H,24,28). The number of piperazine rings is 1. The van der Waals surface area contributed by atoms with Gasteiger partial charge in [-0.05, 0) is 19.9 Å². The van der Waals surface area contributed by atoms with Gasteiger partial charge in [0.2, 0.25) is 0 Å². The Hall–Kier alpha value is -1.47. The van der Waals surface area contributed by atoms with Crippen molar-refractivity contribution in [2.45, 2.75) is 37.6 Å². The third-order valence-electron chi connectivity index (χ3n) is 6.36. The van der Waals surface area contributed by atoms with Gasteiger partial charge in [0, 0.05) is 43.8 Å². The fraction of sp³-hybridized carbons (Fsp3) is 0.545. The molecule has 1 aliphatic heterocycles. The maximum atomic E-state index is 13.0. The number of hydrogen-bond acceptors (Lipinski definition) is 5. The van der Waals surface area contributed by atoms with Crippen LogP contribution in [0.25, 0.3) is 10.6 Å². The van der Waals surface area contributed by atoms with Gasteiger partial charge in [0.25, 0.3) is 5.91 Å². The highest BCUT2D eigenvalue weighted by atomic mass is 35.5. The van der Waals surface area contributed by atoms with Gasteiger partial charge in [0.1, 0.15) is 9.34 Å². The number of amides is 1. The number of halogens is 1. The summed E-state index contributed by atoms with van der Waals surface area (Å²) in [5.41, 5.74) is 1.40. The minimum absolute atomic E-state index is 0.0694. The quantitative estimate of drug-likeness (QED) is 0.771. The SMILES string of the molecule is CN1CCN(C2(CNC(=O)c3nc(-c4ccccc4)sc3Cl)CCCCC2)CC1. The van der Waals surface area contributed by atoms with Crippen molar-refractivity contribution in [1.82, 2.24) is 20.1 Å². The lowest BCUT2D eigenvalue weighted by Gasteiger charge is -2.49. The highest BCUT2D eigenvalue weighted by Gasteiger charge is 2.39. The van der Waals surface area contributed by atoms with E-state index in [1.165, 1.54) is 30.6 Å². The van der Waals surface area contributed by atoms with Crippen molar-refractivity contribution in [2.24, 2.45) is 0 Å². The topological polar surface area (TPSA) is 48.5 Å². The number of benzene rings is 1. The summed E-state index contributed by atoms with van der Waals surface area (Å²) in [6.07, 6.45) is 6.06. The molecule has 1 amide bonds. The molecule has 5 nitrogen and oxygen atoms in total. The molecule has 2 heterocycles. The molecule has 1 aliphatic carbocycles. The smallest absolute Gasteiger partial charge is 0.272 e. The van der Waals surface area contributed by atoms with Gasteiger partial charge >= 0.3 is 0 Å². The summed E-state index contributed by atoms with van der Waals surface area (Å²) in [4.78, 5) is 22.5. The largest absolute Gasteiger partial charge is 0.349 e. The zero-order valence-corrected chi connectivity index (χ0v) is 18.6. The predicted octanol–water partition coefficient (Wildman–Crippen LogP) is 4.14. The molecule has 1 saturated heterocycles. The molecule has 29 heavy (non-hydrogen) atoms. The summed E-state index contributed by atoms with van der Waals surface area (Å²) in [5.74, 6) is -0.160. The predicted molar refractivity (Wildman–Crippen MR) is 120 cm³/mol. The highest BCUT2D eigenvalue weighted by Crippen LogP contribution is 2.35. The summed E-state index contributed by atoms with van der Waals surface area (Å²) in [6, 6.07) is 9.87. The molecule has 0 bridgehead atoms. The van der Waals surface area contributed by atoms with Gasteiger partial charge in [-0.1, -0.05) is 61.2 Å². The van der Waals surface area contributed by atoms with Crippen molar-refractivity contribution in [3.63, 3.8) is 0 Å². The number of nitrogens with one attached hydrogen (secondary N) is 1. The second-order valence-electron chi connectivity index (χ2n) is 8.27. The Kier molecular flexibility index (Phi) is 6.54. The van der Waals surface area contributed by atoms with E-state index in [1.54, 1.807) is 0 Å². The Morgan fingerprint density at radius 2 is 1.83 bits per heavy atom. The average Bonchev–Trinajstić information content (AvgIpc) is 3.15. The van der Waals surface area contributed by atoms with Crippen LogP contribution in [0.4, 0.5) is 0 Å².